The zero-order valence-corrected chi connectivity index (χ0v) is 14.6. The van der Waals surface area contributed by atoms with E-state index in [1.807, 2.05) is 6.07 Å². The van der Waals surface area contributed by atoms with Gasteiger partial charge in [-0.2, -0.15) is 0 Å². The van der Waals surface area contributed by atoms with Gasteiger partial charge >= 0.3 is 0 Å². The molecule has 5 atom stereocenters. The maximum atomic E-state index is 10.0. The van der Waals surface area contributed by atoms with Crippen LogP contribution in [0.25, 0.3) is 0 Å². The van der Waals surface area contributed by atoms with Crippen LogP contribution in [0.2, 0.25) is 0 Å². The van der Waals surface area contributed by atoms with Crippen molar-refractivity contribution in [3.63, 3.8) is 0 Å². The van der Waals surface area contributed by atoms with Crippen molar-refractivity contribution in [3.8, 4) is 5.75 Å². The normalized spacial score (nSPS) is 43.4. The Morgan fingerprint density at radius 1 is 1.14 bits per heavy atom. The number of aryl methyl sites for hydroxylation is 1. The van der Waals surface area contributed by atoms with E-state index in [2.05, 4.69) is 33.8 Å². The summed E-state index contributed by atoms with van der Waals surface area (Å²) in [5, 5.41) is 10.0. The molecule has 0 radical (unpaired) electrons. The molecule has 0 spiro atoms. The van der Waals surface area contributed by atoms with Gasteiger partial charge in [0.25, 0.3) is 0 Å². The third-order valence-electron chi connectivity index (χ3n) is 7.85. The van der Waals surface area contributed by atoms with E-state index in [0.717, 1.165) is 17.8 Å². The van der Waals surface area contributed by atoms with Crippen molar-refractivity contribution in [3.05, 3.63) is 28.8 Å². The highest BCUT2D eigenvalue weighted by Crippen LogP contribution is 2.65. The van der Waals surface area contributed by atoms with E-state index < -0.39 is 0 Å². The monoisotopic (exact) mass is 298 g/mol. The maximum Gasteiger partial charge on any atom is 0.116 e. The van der Waals surface area contributed by atoms with Crippen LogP contribution in [0.15, 0.2) is 12.1 Å². The van der Waals surface area contributed by atoms with Crippen LogP contribution in [0, 0.1) is 30.1 Å². The molecule has 0 aromatic heterocycles. The number of benzene rings is 1. The van der Waals surface area contributed by atoms with Gasteiger partial charge in [0.15, 0.2) is 0 Å². The number of phenols is 1. The summed E-state index contributed by atoms with van der Waals surface area (Å²) in [4.78, 5) is 0. The molecule has 1 N–H and O–H groups in total. The van der Waals surface area contributed by atoms with Crippen molar-refractivity contribution < 1.29 is 5.11 Å². The fourth-order valence-electron chi connectivity index (χ4n) is 7.04. The first-order chi connectivity index (χ1) is 10.4. The van der Waals surface area contributed by atoms with Gasteiger partial charge in [0.05, 0.1) is 0 Å². The van der Waals surface area contributed by atoms with Crippen LogP contribution in [0.1, 0.15) is 69.6 Å². The van der Waals surface area contributed by atoms with Crippen LogP contribution in [-0.4, -0.2) is 5.11 Å². The Labute approximate surface area is 135 Å². The standard InChI is InChI=1S/C21H30O/c1-13-6-5-8-20(3)17(13)7-9-21(4)18(20)12-15-11-16(22)10-14(2)19(15)21/h10-11,13,17-18,22H,5-9,12H2,1-4H3. The zero-order chi connectivity index (χ0) is 15.7. The highest BCUT2D eigenvalue weighted by molar-refractivity contribution is 5.50. The number of aromatic hydroxyl groups is 1. The molecule has 1 aromatic carbocycles. The Hall–Kier alpha value is -0.980. The molecule has 3 aliphatic rings. The lowest BCUT2D eigenvalue weighted by molar-refractivity contribution is -0.0627. The topological polar surface area (TPSA) is 20.2 Å². The molecule has 4 rings (SSSR count). The first-order valence-corrected chi connectivity index (χ1v) is 9.19. The van der Waals surface area contributed by atoms with Crippen LogP contribution < -0.4 is 0 Å². The molecule has 1 heteroatoms. The minimum absolute atomic E-state index is 0.329. The van der Waals surface area contributed by atoms with Crippen LogP contribution in [0.5, 0.6) is 5.75 Å². The molecule has 0 bridgehead atoms. The second kappa shape index (κ2) is 4.52. The lowest BCUT2D eigenvalue weighted by atomic mass is 9.46. The smallest absolute Gasteiger partial charge is 0.116 e. The molecule has 3 aliphatic carbocycles. The molecular weight excluding hydrogens is 268 g/mol. The van der Waals surface area contributed by atoms with Crippen molar-refractivity contribution in [2.24, 2.45) is 23.2 Å². The summed E-state index contributed by atoms with van der Waals surface area (Å²) < 4.78 is 0. The number of hydrogen-bond acceptors (Lipinski definition) is 1. The summed E-state index contributed by atoms with van der Waals surface area (Å²) in [5.41, 5.74) is 5.14. The Morgan fingerprint density at radius 2 is 1.91 bits per heavy atom. The number of rotatable bonds is 0. The predicted molar refractivity (Wildman–Crippen MR) is 91.2 cm³/mol. The zero-order valence-electron chi connectivity index (χ0n) is 14.6. The lowest BCUT2D eigenvalue weighted by Gasteiger charge is -2.58. The molecule has 0 saturated heterocycles. The van der Waals surface area contributed by atoms with E-state index in [1.165, 1.54) is 49.7 Å². The highest BCUT2D eigenvalue weighted by atomic mass is 16.3. The van der Waals surface area contributed by atoms with Gasteiger partial charge in [-0.15, -0.1) is 0 Å². The van der Waals surface area contributed by atoms with Crippen molar-refractivity contribution in [1.82, 2.24) is 0 Å². The summed E-state index contributed by atoms with van der Waals surface area (Å²) in [5.74, 6) is 3.01. The largest absolute Gasteiger partial charge is 0.508 e. The van der Waals surface area contributed by atoms with Crippen LogP contribution in [-0.2, 0) is 11.8 Å². The van der Waals surface area contributed by atoms with Gasteiger partial charge in [-0.25, -0.2) is 0 Å². The third-order valence-corrected chi connectivity index (χ3v) is 7.85. The molecule has 1 nitrogen and oxygen atoms in total. The van der Waals surface area contributed by atoms with Crippen molar-refractivity contribution in [2.75, 3.05) is 0 Å². The van der Waals surface area contributed by atoms with Gasteiger partial charge < -0.3 is 5.11 Å². The predicted octanol–water partition coefficient (Wildman–Crippen LogP) is 5.37. The van der Waals surface area contributed by atoms with Gasteiger partial charge in [0.1, 0.15) is 5.75 Å². The average Bonchev–Trinajstić information content (AvgIpc) is 2.72. The fourth-order valence-corrected chi connectivity index (χ4v) is 7.04. The molecule has 5 unspecified atom stereocenters. The van der Waals surface area contributed by atoms with Crippen molar-refractivity contribution in [1.29, 1.82) is 0 Å². The van der Waals surface area contributed by atoms with E-state index in [0.29, 0.717) is 16.6 Å². The summed E-state index contributed by atoms with van der Waals surface area (Å²) in [6.45, 7) is 9.80. The molecule has 2 saturated carbocycles. The highest BCUT2D eigenvalue weighted by Gasteiger charge is 2.59. The van der Waals surface area contributed by atoms with Gasteiger partial charge in [-0.3, -0.25) is 0 Å². The van der Waals surface area contributed by atoms with Crippen LogP contribution in [0.4, 0.5) is 0 Å². The summed E-state index contributed by atoms with van der Waals surface area (Å²) in [7, 11) is 0. The maximum absolute atomic E-state index is 10.0. The third kappa shape index (κ3) is 1.71. The molecule has 22 heavy (non-hydrogen) atoms. The first-order valence-electron chi connectivity index (χ1n) is 9.19. The van der Waals surface area contributed by atoms with Crippen molar-refractivity contribution in [2.45, 2.75) is 71.6 Å². The van der Waals surface area contributed by atoms with Crippen molar-refractivity contribution >= 4 is 0 Å². The van der Waals surface area contributed by atoms with E-state index >= 15 is 0 Å². The minimum atomic E-state index is 0.329. The van der Waals surface area contributed by atoms with Gasteiger partial charge in [-0.1, -0.05) is 33.6 Å². The molecule has 0 aliphatic heterocycles. The quantitative estimate of drug-likeness (QED) is 0.683. The minimum Gasteiger partial charge on any atom is -0.508 e. The first kappa shape index (κ1) is 14.6. The Balaban J connectivity index is 1.83. The molecule has 2 fully saturated rings. The Kier molecular flexibility index (Phi) is 3.00. The molecule has 1 aromatic rings. The number of fused-ring (bicyclic) bond motifs is 5. The second-order valence-corrected chi connectivity index (χ2v) is 8.99. The Bertz CT molecular complexity index is 619. The molecule has 120 valence electrons. The van der Waals surface area contributed by atoms with E-state index in [1.54, 1.807) is 5.56 Å². The summed E-state index contributed by atoms with van der Waals surface area (Å²) >= 11 is 0. The molecule has 0 heterocycles. The SMILES string of the molecule is Cc1cc(O)cc2c1C1(C)CCC3C(C)CCCC3(C)C1C2. The van der Waals surface area contributed by atoms with E-state index in [4.69, 9.17) is 0 Å². The van der Waals surface area contributed by atoms with Crippen LogP contribution >= 0.6 is 0 Å². The average molecular weight is 298 g/mol. The fraction of sp³-hybridized carbons (Fsp3) is 0.714. The van der Waals surface area contributed by atoms with Gasteiger partial charge in [-0.05, 0) is 90.0 Å². The molecule has 0 amide bonds. The number of phenolic OH excluding ortho intramolecular Hbond substituents is 1. The lowest BCUT2D eigenvalue weighted by Crippen LogP contribution is -2.52. The van der Waals surface area contributed by atoms with Gasteiger partial charge in [0.2, 0.25) is 0 Å². The molecular formula is C21H30O. The Morgan fingerprint density at radius 3 is 2.68 bits per heavy atom. The van der Waals surface area contributed by atoms with Crippen LogP contribution in [0.3, 0.4) is 0 Å². The summed E-state index contributed by atoms with van der Waals surface area (Å²) in [6, 6.07) is 4.03. The van der Waals surface area contributed by atoms with E-state index in [9.17, 15) is 5.11 Å². The van der Waals surface area contributed by atoms with Gasteiger partial charge in [0, 0.05) is 0 Å². The second-order valence-electron chi connectivity index (χ2n) is 8.99. The number of hydrogen-bond donors (Lipinski definition) is 1. The van der Waals surface area contributed by atoms with E-state index in [-0.39, 0.29) is 0 Å². The summed E-state index contributed by atoms with van der Waals surface area (Å²) in [6.07, 6.45) is 8.14.